The molecule has 1 aliphatic carbocycles. The number of amides is 2. The molecular formula is C23H27ClN2O2S. The van der Waals surface area contributed by atoms with Crippen LogP contribution in [0.1, 0.15) is 66.7 Å². The Hall–Kier alpha value is -1.98. The molecule has 2 aromatic rings. The molecule has 0 radical (unpaired) electrons. The molecule has 0 atom stereocenters. The van der Waals surface area contributed by atoms with Crippen LogP contribution in [-0.2, 0) is 0 Å². The highest BCUT2D eigenvalue weighted by molar-refractivity contribution is 8.00. The van der Waals surface area contributed by atoms with Crippen LogP contribution in [0.25, 0.3) is 0 Å². The van der Waals surface area contributed by atoms with Crippen molar-refractivity contribution in [1.29, 1.82) is 0 Å². The normalized spacial score (nSPS) is 14.6. The van der Waals surface area contributed by atoms with Crippen molar-refractivity contribution in [2.75, 3.05) is 5.32 Å². The highest BCUT2D eigenvalue weighted by Crippen LogP contribution is 2.28. The van der Waals surface area contributed by atoms with Gasteiger partial charge in [0.1, 0.15) is 0 Å². The van der Waals surface area contributed by atoms with Gasteiger partial charge in [-0.15, -0.1) is 11.8 Å². The molecule has 1 fully saturated rings. The highest BCUT2D eigenvalue weighted by Gasteiger charge is 2.19. The summed E-state index contributed by atoms with van der Waals surface area (Å²) in [5.74, 6) is -0.386. The molecule has 29 heavy (non-hydrogen) atoms. The van der Waals surface area contributed by atoms with Crippen LogP contribution >= 0.6 is 23.4 Å². The van der Waals surface area contributed by atoms with Crippen molar-refractivity contribution in [3.8, 4) is 0 Å². The number of hydrogen-bond acceptors (Lipinski definition) is 3. The smallest absolute Gasteiger partial charge is 0.256 e. The number of thioether (sulfide) groups is 1. The monoisotopic (exact) mass is 430 g/mol. The fourth-order valence-electron chi connectivity index (χ4n) is 3.50. The number of benzene rings is 2. The standard InChI is InChI=1S/C23H27ClN2O2S/c1-15(2)29-21-11-7-6-10-18(21)22(27)26-17-12-13-20(24)19(14-17)23(28)25-16-8-4-3-5-9-16/h6-7,10-16H,3-5,8-9H2,1-2H3,(H,25,28)(H,26,27). The van der Waals surface area contributed by atoms with Gasteiger partial charge < -0.3 is 10.6 Å². The molecule has 2 N–H and O–H groups in total. The highest BCUT2D eigenvalue weighted by atomic mass is 35.5. The maximum atomic E-state index is 12.8. The van der Waals surface area contributed by atoms with E-state index in [2.05, 4.69) is 24.5 Å². The van der Waals surface area contributed by atoms with Crippen molar-refractivity contribution in [2.45, 2.75) is 62.1 Å². The van der Waals surface area contributed by atoms with Gasteiger partial charge in [-0.25, -0.2) is 0 Å². The summed E-state index contributed by atoms with van der Waals surface area (Å²) < 4.78 is 0. The minimum absolute atomic E-state index is 0.186. The first-order valence-corrected chi connectivity index (χ1v) is 11.4. The van der Waals surface area contributed by atoms with E-state index in [0.717, 1.165) is 30.6 Å². The Balaban J connectivity index is 1.74. The van der Waals surface area contributed by atoms with Crippen LogP contribution in [0.3, 0.4) is 0 Å². The first-order valence-electron chi connectivity index (χ1n) is 10.1. The first-order chi connectivity index (χ1) is 13.9. The molecule has 1 saturated carbocycles. The Morgan fingerprint density at radius 2 is 1.72 bits per heavy atom. The lowest BCUT2D eigenvalue weighted by molar-refractivity contribution is 0.0926. The minimum atomic E-state index is -0.199. The van der Waals surface area contributed by atoms with Crippen LogP contribution in [-0.4, -0.2) is 23.1 Å². The average Bonchev–Trinajstić information content (AvgIpc) is 2.70. The Labute approximate surface area is 181 Å². The van der Waals surface area contributed by atoms with E-state index in [1.54, 1.807) is 30.0 Å². The van der Waals surface area contributed by atoms with E-state index in [1.807, 2.05) is 24.3 Å². The van der Waals surface area contributed by atoms with Crippen LogP contribution in [0.15, 0.2) is 47.4 Å². The Kier molecular flexibility index (Phi) is 7.62. The second kappa shape index (κ2) is 10.2. The van der Waals surface area contributed by atoms with Crippen LogP contribution in [0.5, 0.6) is 0 Å². The number of carbonyl (C=O) groups excluding carboxylic acids is 2. The third kappa shape index (κ3) is 6.00. The van der Waals surface area contributed by atoms with Gasteiger partial charge in [0, 0.05) is 21.9 Å². The number of anilines is 1. The quantitative estimate of drug-likeness (QED) is 0.540. The van der Waals surface area contributed by atoms with Crippen molar-refractivity contribution in [3.05, 3.63) is 58.6 Å². The maximum absolute atomic E-state index is 12.8. The Morgan fingerprint density at radius 1 is 1.00 bits per heavy atom. The van der Waals surface area contributed by atoms with Gasteiger partial charge in [0.15, 0.2) is 0 Å². The second-order valence-corrected chi connectivity index (χ2v) is 9.65. The van der Waals surface area contributed by atoms with E-state index >= 15 is 0 Å². The first kappa shape index (κ1) is 21.7. The molecule has 6 heteroatoms. The van der Waals surface area contributed by atoms with E-state index in [1.165, 1.54) is 6.42 Å². The van der Waals surface area contributed by atoms with Crippen LogP contribution in [0.4, 0.5) is 5.69 Å². The predicted octanol–water partition coefficient (Wildman–Crippen LogP) is 6.16. The molecule has 1 aliphatic rings. The zero-order chi connectivity index (χ0) is 20.8. The Bertz CT molecular complexity index is 879. The van der Waals surface area contributed by atoms with Gasteiger partial charge in [0.05, 0.1) is 16.1 Å². The fourth-order valence-corrected chi connectivity index (χ4v) is 4.65. The molecular weight excluding hydrogens is 404 g/mol. The summed E-state index contributed by atoms with van der Waals surface area (Å²) in [6, 6.07) is 12.8. The minimum Gasteiger partial charge on any atom is -0.349 e. The van der Waals surface area contributed by atoms with Gasteiger partial charge >= 0.3 is 0 Å². The summed E-state index contributed by atoms with van der Waals surface area (Å²) in [6.07, 6.45) is 5.52. The molecule has 2 aromatic carbocycles. The van der Waals surface area contributed by atoms with Crippen molar-refractivity contribution in [1.82, 2.24) is 5.32 Å². The molecule has 3 rings (SSSR count). The molecule has 0 saturated heterocycles. The zero-order valence-electron chi connectivity index (χ0n) is 16.8. The number of hydrogen-bond donors (Lipinski definition) is 2. The molecule has 0 aliphatic heterocycles. The molecule has 0 heterocycles. The number of halogens is 1. The summed E-state index contributed by atoms with van der Waals surface area (Å²) in [7, 11) is 0. The molecule has 0 aromatic heterocycles. The largest absolute Gasteiger partial charge is 0.349 e. The number of carbonyl (C=O) groups is 2. The van der Waals surface area contributed by atoms with E-state index in [4.69, 9.17) is 11.6 Å². The molecule has 0 spiro atoms. The van der Waals surface area contributed by atoms with Gasteiger partial charge in [-0.3, -0.25) is 9.59 Å². The lowest BCUT2D eigenvalue weighted by Crippen LogP contribution is -2.36. The number of nitrogens with one attached hydrogen (secondary N) is 2. The van der Waals surface area contributed by atoms with E-state index in [-0.39, 0.29) is 17.9 Å². The predicted molar refractivity (Wildman–Crippen MR) is 121 cm³/mol. The van der Waals surface area contributed by atoms with Crippen LogP contribution in [0.2, 0.25) is 5.02 Å². The summed E-state index contributed by atoms with van der Waals surface area (Å²) >= 11 is 7.92. The molecule has 154 valence electrons. The molecule has 2 amide bonds. The van der Waals surface area contributed by atoms with Crippen molar-refractivity contribution in [3.63, 3.8) is 0 Å². The van der Waals surface area contributed by atoms with Gasteiger partial charge in [-0.1, -0.05) is 56.8 Å². The average molecular weight is 431 g/mol. The number of rotatable bonds is 6. The lowest BCUT2D eigenvalue weighted by atomic mass is 9.95. The van der Waals surface area contributed by atoms with Crippen LogP contribution in [0, 0.1) is 0 Å². The van der Waals surface area contributed by atoms with E-state index in [0.29, 0.717) is 27.1 Å². The fraction of sp³-hybridized carbons (Fsp3) is 0.391. The maximum Gasteiger partial charge on any atom is 0.256 e. The summed E-state index contributed by atoms with van der Waals surface area (Å²) in [4.78, 5) is 26.5. The Morgan fingerprint density at radius 3 is 2.45 bits per heavy atom. The van der Waals surface area contributed by atoms with Crippen molar-refractivity contribution < 1.29 is 9.59 Å². The van der Waals surface area contributed by atoms with Gasteiger partial charge in [-0.2, -0.15) is 0 Å². The van der Waals surface area contributed by atoms with Gasteiger partial charge in [-0.05, 0) is 43.2 Å². The lowest BCUT2D eigenvalue weighted by Gasteiger charge is -2.23. The van der Waals surface area contributed by atoms with Gasteiger partial charge in [0.25, 0.3) is 11.8 Å². The summed E-state index contributed by atoms with van der Waals surface area (Å²) in [5, 5.41) is 6.74. The van der Waals surface area contributed by atoms with Gasteiger partial charge in [0.2, 0.25) is 0 Å². The molecule has 0 bridgehead atoms. The third-order valence-corrected chi connectivity index (χ3v) is 6.31. The summed E-state index contributed by atoms with van der Waals surface area (Å²) in [5.41, 5.74) is 1.56. The summed E-state index contributed by atoms with van der Waals surface area (Å²) in [6.45, 7) is 4.19. The van der Waals surface area contributed by atoms with Crippen molar-refractivity contribution in [2.24, 2.45) is 0 Å². The SMILES string of the molecule is CC(C)Sc1ccccc1C(=O)Nc1ccc(Cl)c(C(=O)NC2CCCCC2)c1. The molecule has 4 nitrogen and oxygen atoms in total. The third-order valence-electron chi connectivity index (χ3n) is 4.90. The second-order valence-electron chi connectivity index (χ2n) is 7.62. The topological polar surface area (TPSA) is 58.2 Å². The van der Waals surface area contributed by atoms with E-state index in [9.17, 15) is 9.59 Å². The molecule has 0 unspecified atom stereocenters. The van der Waals surface area contributed by atoms with E-state index < -0.39 is 0 Å². The zero-order valence-corrected chi connectivity index (χ0v) is 18.4. The van der Waals surface area contributed by atoms with Crippen LogP contribution < -0.4 is 10.6 Å². The van der Waals surface area contributed by atoms with Crippen molar-refractivity contribution >= 4 is 40.9 Å².